The molecule has 0 saturated carbocycles. The fraction of sp³-hybridized carbons (Fsp3) is 0.562. The lowest BCUT2D eigenvalue weighted by Crippen LogP contribution is -2.69. The highest BCUT2D eigenvalue weighted by Gasteiger charge is 2.50. The van der Waals surface area contributed by atoms with Gasteiger partial charge in [0.25, 0.3) is 0 Å². The van der Waals surface area contributed by atoms with Crippen LogP contribution in [0.2, 0.25) is 0 Å². The van der Waals surface area contributed by atoms with Crippen molar-refractivity contribution in [1.29, 1.82) is 0 Å². The molecule has 126 valence electrons. The summed E-state index contributed by atoms with van der Waals surface area (Å²) in [6.45, 7) is 1.24. The Morgan fingerprint density at radius 2 is 1.96 bits per heavy atom. The molecule has 0 aliphatic carbocycles. The summed E-state index contributed by atoms with van der Waals surface area (Å²) in [5.41, 5.74) is -0.437. The van der Waals surface area contributed by atoms with E-state index < -0.39 is 24.1 Å². The summed E-state index contributed by atoms with van der Waals surface area (Å²) in [4.78, 5) is 13.3. The van der Waals surface area contributed by atoms with Crippen LogP contribution in [0.1, 0.15) is 12.0 Å². The number of aliphatic hydroxyl groups is 2. The van der Waals surface area contributed by atoms with Crippen molar-refractivity contribution in [3.8, 4) is 0 Å². The van der Waals surface area contributed by atoms with Crippen LogP contribution in [-0.2, 0) is 20.8 Å². The van der Waals surface area contributed by atoms with Gasteiger partial charge in [0.2, 0.25) is 0 Å². The zero-order valence-corrected chi connectivity index (χ0v) is 12.8. The molecule has 2 N–H and O–H groups in total. The Morgan fingerprint density at radius 3 is 2.61 bits per heavy atom. The predicted octanol–water partition coefficient (Wildman–Crippen LogP) is 0.494. The first-order chi connectivity index (χ1) is 11.1. The smallest absolute Gasteiger partial charge is 0.410 e. The average Bonchev–Trinajstić information content (AvgIpc) is 3.03. The van der Waals surface area contributed by atoms with E-state index in [1.165, 1.54) is 4.90 Å². The lowest BCUT2D eigenvalue weighted by molar-refractivity contribution is -0.178. The third-order valence-electron chi connectivity index (χ3n) is 4.12. The number of carbonyl (C=O) groups excluding carboxylic acids is 1. The Morgan fingerprint density at radius 1 is 1.30 bits per heavy atom. The maximum absolute atomic E-state index is 11.9. The summed E-state index contributed by atoms with van der Waals surface area (Å²) in [5.74, 6) is 0. The van der Waals surface area contributed by atoms with Gasteiger partial charge in [-0.1, -0.05) is 30.3 Å². The topological polar surface area (TPSA) is 88.5 Å². The summed E-state index contributed by atoms with van der Waals surface area (Å²) in [7, 11) is 0. The highest BCUT2D eigenvalue weighted by molar-refractivity contribution is 5.69. The molecule has 7 nitrogen and oxygen atoms in total. The minimum Gasteiger partial charge on any atom is -0.445 e. The molecule has 2 heterocycles. The zero-order chi connectivity index (χ0) is 16.3. The maximum atomic E-state index is 11.9. The first-order valence-corrected chi connectivity index (χ1v) is 7.66. The van der Waals surface area contributed by atoms with Gasteiger partial charge in [0, 0.05) is 6.42 Å². The van der Waals surface area contributed by atoms with Crippen molar-refractivity contribution >= 4 is 6.09 Å². The number of hydrogen-bond donors (Lipinski definition) is 2. The van der Waals surface area contributed by atoms with E-state index in [9.17, 15) is 15.0 Å². The van der Waals surface area contributed by atoms with Crippen LogP contribution < -0.4 is 0 Å². The first-order valence-electron chi connectivity index (χ1n) is 7.66. The molecular weight excluding hydrogens is 302 g/mol. The van der Waals surface area contributed by atoms with Gasteiger partial charge in [-0.05, 0) is 5.56 Å². The monoisotopic (exact) mass is 323 g/mol. The number of aliphatic hydroxyl groups excluding tert-OH is 1. The molecule has 23 heavy (non-hydrogen) atoms. The van der Waals surface area contributed by atoms with E-state index in [0.29, 0.717) is 13.2 Å². The van der Waals surface area contributed by atoms with Gasteiger partial charge in [0.15, 0.2) is 6.29 Å². The Kier molecular flexibility index (Phi) is 4.82. The van der Waals surface area contributed by atoms with E-state index in [4.69, 9.17) is 14.2 Å². The molecular formula is C16H21NO6. The van der Waals surface area contributed by atoms with Crippen molar-refractivity contribution in [2.75, 3.05) is 26.3 Å². The van der Waals surface area contributed by atoms with Crippen LogP contribution in [0.4, 0.5) is 4.79 Å². The number of nitrogens with zero attached hydrogens (tertiary/aromatic N) is 1. The van der Waals surface area contributed by atoms with E-state index in [0.717, 1.165) is 5.56 Å². The van der Waals surface area contributed by atoms with Crippen LogP contribution in [0.3, 0.4) is 0 Å². The summed E-state index contributed by atoms with van der Waals surface area (Å²) in [6.07, 6.45) is -1.82. The fourth-order valence-electron chi connectivity index (χ4n) is 2.71. The molecule has 1 aromatic carbocycles. The number of amides is 1. The number of rotatable bonds is 5. The molecule has 0 spiro atoms. The van der Waals surface area contributed by atoms with Crippen LogP contribution in [0.5, 0.6) is 0 Å². The maximum Gasteiger partial charge on any atom is 0.410 e. The number of β-amino-alcohol motifs (C(OH)–C–C–N with tert-alkyl or cyclic N) is 1. The molecule has 0 unspecified atom stereocenters. The highest BCUT2D eigenvalue weighted by Crippen LogP contribution is 2.29. The summed E-state index contributed by atoms with van der Waals surface area (Å²) in [6, 6.07) is 9.36. The van der Waals surface area contributed by atoms with E-state index in [1.54, 1.807) is 0 Å². The molecule has 7 heteroatoms. The highest BCUT2D eigenvalue weighted by atomic mass is 16.7. The van der Waals surface area contributed by atoms with Gasteiger partial charge in [-0.25, -0.2) is 4.79 Å². The van der Waals surface area contributed by atoms with E-state index in [1.807, 2.05) is 30.3 Å². The van der Waals surface area contributed by atoms with E-state index in [2.05, 4.69) is 0 Å². The molecule has 1 atom stereocenters. The minimum absolute atomic E-state index is 0.0362. The molecule has 0 aromatic heterocycles. The molecule has 2 fully saturated rings. The van der Waals surface area contributed by atoms with Gasteiger partial charge in [0.05, 0.1) is 32.4 Å². The second-order valence-electron chi connectivity index (χ2n) is 5.92. The minimum atomic E-state index is -1.33. The van der Waals surface area contributed by atoms with Crippen molar-refractivity contribution in [3.63, 3.8) is 0 Å². The summed E-state index contributed by atoms with van der Waals surface area (Å²) < 4.78 is 15.7. The van der Waals surface area contributed by atoms with E-state index >= 15 is 0 Å². The van der Waals surface area contributed by atoms with Crippen LogP contribution >= 0.6 is 0 Å². The molecule has 1 aromatic rings. The Balaban J connectivity index is 1.42. The lowest BCUT2D eigenvalue weighted by atomic mass is 9.86. The predicted molar refractivity (Wildman–Crippen MR) is 79.5 cm³/mol. The molecule has 1 amide bonds. The largest absolute Gasteiger partial charge is 0.445 e. The molecule has 2 aliphatic heterocycles. The van der Waals surface area contributed by atoms with Crippen molar-refractivity contribution in [2.45, 2.75) is 31.0 Å². The SMILES string of the molecule is O=C(OCc1ccccc1)N1CC(O)([C@@H](O)CC2OCCO2)C1. The van der Waals surface area contributed by atoms with Gasteiger partial charge in [-0.3, -0.25) is 0 Å². The van der Waals surface area contributed by atoms with Crippen molar-refractivity contribution in [1.82, 2.24) is 4.90 Å². The standard InChI is InChI=1S/C16H21NO6/c18-13(8-14-21-6-7-22-14)16(20)10-17(11-16)15(19)23-9-12-4-2-1-3-5-12/h1-5,13-14,18,20H,6-11H2/t13-/m0/s1. The van der Waals surface area contributed by atoms with Crippen molar-refractivity contribution in [2.24, 2.45) is 0 Å². The van der Waals surface area contributed by atoms with Gasteiger partial charge in [0.1, 0.15) is 12.2 Å². The Hall–Kier alpha value is -1.67. The molecule has 2 aliphatic rings. The number of benzene rings is 1. The second kappa shape index (κ2) is 6.84. The van der Waals surface area contributed by atoms with Crippen molar-refractivity contribution in [3.05, 3.63) is 35.9 Å². The molecule has 0 radical (unpaired) electrons. The third kappa shape index (κ3) is 3.81. The Labute approximate surface area is 134 Å². The van der Waals surface area contributed by atoms with Crippen LogP contribution in [0, 0.1) is 0 Å². The number of likely N-dealkylation sites (tertiary alicyclic amines) is 1. The number of hydrogen-bond acceptors (Lipinski definition) is 6. The summed E-state index contributed by atoms with van der Waals surface area (Å²) in [5, 5.41) is 20.4. The van der Waals surface area contributed by atoms with Gasteiger partial charge >= 0.3 is 6.09 Å². The molecule has 2 saturated heterocycles. The summed E-state index contributed by atoms with van der Waals surface area (Å²) >= 11 is 0. The second-order valence-corrected chi connectivity index (χ2v) is 5.92. The quantitative estimate of drug-likeness (QED) is 0.820. The zero-order valence-electron chi connectivity index (χ0n) is 12.8. The van der Waals surface area contributed by atoms with Crippen LogP contribution in [-0.4, -0.2) is 65.5 Å². The fourth-order valence-corrected chi connectivity index (χ4v) is 2.71. The lowest BCUT2D eigenvalue weighted by Gasteiger charge is -2.48. The van der Waals surface area contributed by atoms with E-state index in [-0.39, 0.29) is 26.1 Å². The number of ether oxygens (including phenoxy) is 3. The third-order valence-corrected chi connectivity index (χ3v) is 4.12. The van der Waals surface area contributed by atoms with Gasteiger partial charge in [-0.15, -0.1) is 0 Å². The van der Waals surface area contributed by atoms with Gasteiger partial charge in [-0.2, -0.15) is 0 Å². The van der Waals surface area contributed by atoms with Crippen LogP contribution in [0.15, 0.2) is 30.3 Å². The Bertz CT molecular complexity index is 525. The number of carbonyl (C=O) groups is 1. The van der Waals surface area contributed by atoms with Crippen LogP contribution in [0.25, 0.3) is 0 Å². The molecule has 3 rings (SSSR count). The molecule has 0 bridgehead atoms. The first kappa shape index (κ1) is 16.2. The van der Waals surface area contributed by atoms with Crippen molar-refractivity contribution < 1.29 is 29.2 Å². The van der Waals surface area contributed by atoms with Gasteiger partial charge < -0.3 is 29.3 Å². The normalized spacial score (nSPS) is 21.7. The average molecular weight is 323 g/mol.